The fourth-order valence-electron chi connectivity index (χ4n) is 2.36. The molecule has 3 aromatic rings. The summed E-state index contributed by atoms with van der Waals surface area (Å²) in [4.78, 5) is 12.2. The summed E-state index contributed by atoms with van der Waals surface area (Å²) >= 11 is 17.9. The molecule has 0 aliphatic rings. The molecule has 0 N–H and O–H groups in total. The van der Waals surface area contributed by atoms with Crippen molar-refractivity contribution in [2.45, 2.75) is 13.5 Å². The third-order valence-corrected chi connectivity index (χ3v) is 5.02. The number of rotatable bonds is 6. The van der Waals surface area contributed by atoms with Crippen LogP contribution in [-0.4, -0.2) is 5.78 Å². The Labute approximate surface area is 172 Å². The number of carbonyl (C=O) groups is 1. The molecule has 0 saturated heterocycles. The molecule has 0 fully saturated rings. The van der Waals surface area contributed by atoms with Crippen molar-refractivity contribution in [3.63, 3.8) is 0 Å². The second-order valence-corrected chi connectivity index (χ2v) is 7.00. The average molecular weight is 422 g/mol. The summed E-state index contributed by atoms with van der Waals surface area (Å²) in [5.74, 6) is 1.68. The lowest BCUT2D eigenvalue weighted by molar-refractivity contribution is 0.104. The van der Waals surface area contributed by atoms with E-state index in [1.807, 2.05) is 25.1 Å². The van der Waals surface area contributed by atoms with Crippen molar-refractivity contribution in [1.29, 1.82) is 0 Å². The second-order valence-electron chi connectivity index (χ2n) is 5.78. The Morgan fingerprint density at radius 2 is 1.85 bits per heavy atom. The zero-order valence-electron chi connectivity index (χ0n) is 14.3. The molecule has 0 unspecified atom stereocenters. The van der Waals surface area contributed by atoms with Crippen molar-refractivity contribution in [2.75, 3.05) is 0 Å². The first-order valence-corrected chi connectivity index (χ1v) is 9.21. The molecule has 0 aliphatic heterocycles. The number of hydrogen-bond donors (Lipinski definition) is 0. The van der Waals surface area contributed by atoms with Gasteiger partial charge >= 0.3 is 0 Å². The Kier molecular flexibility index (Phi) is 6.27. The highest BCUT2D eigenvalue weighted by molar-refractivity contribution is 6.42. The van der Waals surface area contributed by atoms with E-state index in [0.717, 1.165) is 5.56 Å². The van der Waals surface area contributed by atoms with Gasteiger partial charge in [-0.1, -0.05) is 40.9 Å². The lowest BCUT2D eigenvalue weighted by atomic mass is 10.1. The van der Waals surface area contributed by atoms with Crippen LogP contribution in [0.3, 0.4) is 0 Å². The predicted octanol–water partition coefficient (Wildman–Crippen LogP) is 7.02. The van der Waals surface area contributed by atoms with E-state index in [9.17, 15) is 4.79 Å². The van der Waals surface area contributed by atoms with Crippen LogP contribution >= 0.6 is 34.8 Å². The van der Waals surface area contributed by atoms with Crippen molar-refractivity contribution >= 4 is 46.7 Å². The maximum atomic E-state index is 12.2. The SMILES string of the molecule is Cc1c(Cl)cccc1OCc1ccc(/C=C/C(=O)c2ccc(Cl)c(Cl)c2)o1. The molecule has 0 saturated carbocycles. The van der Waals surface area contributed by atoms with Crippen LogP contribution in [0.15, 0.2) is 59.0 Å². The van der Waals surface area contributed by atoms with Crippen LogP contribution in [0.5, 0.6) is 5.75 Å². The van der Waals surface area contributed by atoms with E-state index < -0.39 is 0 Å². The molecule has 6 heteroatoms. The van der Waals surface area contributed by atoms with Gasteiger partial charge in [-0.3, -0.25) is 4.79 Å². The van der Waals surface area contributed by atoms with Crippen LogP contribution in [-0.2, 0) is 6.61 Å². The molecule has 1 heterocycles. The Hall–Kier alpha value is -2.20. The van der Waals surface area contributed by atoms with E-state index in [1.165, 1.54) is 12.1 Å². The zero-order chi connectivity index (χ0) is 19.4. The molecular formula is C21H15Cl3O3. The molecule has 138 valence electrons. The Morgan fingerprint density at radius 3 is 2.63 bits per heavy atom. The minimum absolute atomic E-state index is 0.197. The highest BCUT2D eigenvalue weighted by atomic mass is 35.5. The van der Waals surface area contributed by atoms with E-state index in [0.29, 0.717) is 37.9 Å². The van der Waals surface area contributed by atoms with Crippen LogP contribution in [0, 0.1) is 6.92 Å². The number of hydrogen-bond acceptors (Lipinski definition) is 3. The molecule has 3 rings (SSSR count). The van der Waals surface area contributed by atoms with Gasteiger partial charge in [0.05, 0.1) is 10.0 Å². The fourth-order valence-corrected chi connectivity index (χ4v) is 2.82. The summed E-state index contributed by atoms with van der Waals surface area (Å²) in [6.45, 7) is 2.15. The van der Waals surface area contributed by atoms with Crippen LogP contribution in [0.4, 0.5) is 0 Å². The van der Waals surface area contributed by atoms with Gasteiger partial charge in [-0.05, 0) is 61.5 Å². The maximum absolute atomic E-state index is 12.2. The van der Waals surface area contributed by atoms with Gasteiger partial charge in [0, 0.05) is 16.1 Å². The summed E-state index contributed by atoms with van der Waals surface area (Å²) in [7, 11) is 0. The third kappa shape index (κ3) is 4.95. The van der Waals surface area contributed by atoms with Crippen molar-refractivity contribution in [1.82, 2.24) is 0 Å². The summed E-state index contributed by atoms with van der Waals surface area (Å²) < 4.78 is 11.4. The molecular weight excluding hydrogens is 407 g/mol. The lowest BCUT2D eigenvalue weighted by Gasteiger charge is -2.08. The monoisotopic (exact) mass is 420 g/mol. The van der Waals surface area contributed by atoms with E-state index in [1.54, 1.807) is 30.3 Å². The minimum Gasteiger partial charge on any atom is -0.485 e. The topological polar surface area (TPSA) is 39.4 Å². The Balaban J connectivity index is 1.63. The van der Waals surface area contributed by atoms with E-state index in [2.05, 4.69) is 0 Å². The smallest absolute Gasteiger partial charge is 0.186 e. The second kappa shape index (κ2) is 8.66. The number of halogens is 3. The van der Waals surface area contributed by atoms with Gasteiger partial charge in [0.1, 0.15) is 23.9 Å². The number of ether oxygens (including phenoxy) is 1. The first kappa shape index (κ1) is 19.6. The number of allylic oxidation sites excluding steroid dienone is 1. The van der Waals surface area contributed by atoms with Crippen molar-refractivity contribution < 1.29 is 13.9 Å². The van der Waals surface area contributed by atoms with Crippen LogP contribution in [0.2, 0.25) is 15.1 Å². The van der Waals surface area contributed by atoms with Gasteiger partial charge in [0.2, 0.25) is 0 Å². The fraction of sp³-hybridized carbons (Fsp3) is 0.0952. The van der Waals surface area contributed by atoms with Gasteiger partial charge in [-0.2, -0.15) is 0 Å². The van der Waals surface area contributed by atoms with Crippen molar-refractivity contribution in [2.24, 2.45) is 0 Å². The molecule has 0 amide bonds. The predicted molar refractivity (Wildman–Crippen MR) is 109 cm³/mol. The Bertz CT molecular complexity index is 1010. The maximum Gasteiger partial charge on any atom is 0.186 e. The molecule has 0 aliphatic carbocycles. The first-order valence-electron chi connectivity index (χ1n) is 8.08. The van der Waals surface area contributed by atoms with Crippen LogP contribution in [0.25, 0.3) is 6.08 Å². The largest absolute Gasteiger partial charge is 0.485 e. The molecule has 3 nitrogen and oxygen atoms in total. The lowest BCUT2D eigenvalue weighted by Crippen LogP contribution is -1.95. The van der Waals surface area contributed by atoms with Gasteiger partial charge in [0.15, 0.2) is 5.78 Å². The standard InChI is InChI=1S/C21H15Cl3O3/c1-13-17(22)3-2-4-21(13)26-12-16-7-6-15(27-16)8-10-20(25)14-5-9-18(23)19(24)11-14/h2-11H,12H2,1H3/b10-8+. The molecule has 2 aromatic carbocycles. The van der Waals surface area contributed by atoms with Gasteiger partial charge < -0.3 is 9.15 Å². The van der Waals surface area contributed by atoms with Gasteiger partial charge in [-0.15, -0.1) is 0 Å². The Morgan fingerprint density at radius 1 is 1.04 bits per heavy atom. The minimum atomic E-state index is -0.197. The summed E-state index contributed by atoms with van der Waals surface area (Å²) in [6, 6.07) is 13.8. The van der Waals surface area contributed by atoms with E-state index in [-0.39, 0.29) is 12.4 Å². The van der Waals surface area contributed by atoms with Crippen LogP contribution < -0.4 is 4.74 Å². The molecule has 0 spiro atoms. The van der Waals surface area contributed by atoms with Crippen molar-refractivity contribution in [3.8, 4) is 5.75 Å². The van der Waals surface area contributed by atoms with E-state index in [4.69, 9.17) is 44.0 Å². The number of carbonyl (C=O) groups excluding carboxylic acids is 1. The zero-order valence-corrected chi connectivity index (χ0v) is 16.6. The first-order chi connectivity index (χ1) is 12.9. The molecule has 1 aromatic heterocycles. The van der Waals surface area contributed by atoms with Gasteiger partial charge in [-0.25, -0.2) is 0 Å². The molecule has 0 atom stereocenters. The normalized spacial score (nSPS) is 11.1. The highest BCUT2D eigenvalue weighted by Gasteiger charge is 2.07. The van der Waals surface area contributed by atoms with Crippen LogP contribution in [0.1, 0.15) is 27.4 Å². The van der Waals surface area contributed by atoms with E-state index >= 15 is 0 Å². The number of furan rings is 1. The third-order valence-electron chi connectivity index (χ3n) is 3.87. The van der Waals surface area contributed by atoms with Crippen molar-refractivity contribution in [3.05, 3.63) is 92.3 Å². The summed E-state index contributed by atoms with van der Waals surface area (Å²) in [5, 5.41) is 1.39. The molecule has 27 heavy (non-hydrogen) atoms. The number of ketones is 1. The molecule has 0 bridgehead atoms. The average Bonchev–Trinajstić information content (AvgIpc) is 3.11. The summed E-state index contributed by atoms with van der Waals surface area (Å²) in [6.07, 6.45) is 3.02. The molecule has 0 radical (unpaired) electrons. The quantitative estimate of drug-likeness (QED) is 0.317. The van der Waals surface area contributed by atoms with Gasteiger partial charge in [0.25, 0.3) is 0 Å². The summed E-state index contributed by atoms with van der Waals surface area (Å²) in [5.41, 5.74) is 1.32. The highest BCUT2D eigenvalue weighted by Crippen LogP contribution is 2.26. The number of benzene rings is 2.